The topological polar surface area (TPSA) is 135 Å². The normalized spacial score (nSPS) is 12.5. The molecule has 16 bridgehead atoms. The van der Waals surface area contributed by atoms with E-state index < -0.39 is 0 Å². The lowest BCUT2D eigenvalue weighted by atomic mass is 10.1. The standard InChI is InChI=1S/C26H18N4O.C20H14N4/c31-26-4-2-1-3-23(26)24-14-22-13-20-8-7-18(28-20)11-16-5-6-17(27-16)12-19-9-10-21(29-19)15-25(24)30-22;1-2-14-10-16-5-6-18(23-16)12-20-8-7-19(24-20)11-17-4-3-15(22-17)9-13(1)21-14/h1-15,28,30-31H;1-12,21-22H. The minimum absolute atomic E-state index is 0.243. The molecule has 9 heteroatoms. The van der Waals surface area contributed by atoms with Gasteiger partial charge in [-0.1, -0.05) is 18.2 Å². The summed E-state index contributed by atoms with van der Waals surface area (Å²) in [4.78, 5) is 32.3. The molecule has 262 valence electrons. The van der Waals surface area contributed by atoms with Crippen LogP contribution < -0.4 is 0 Å². The molecule has 0 aliphatic carbocycles. The molecule has 11 rings (SSSR count). The molecule has 0 amide bonds. The Kier molecular flexibility index (Phi) is 7.73. The van der Waals surface area contributed by atoms with Crippen LogP contribution in [0.2, 0.25) is 0 Å². The molecule has 7 aromatic rings. The van der Waals surface area contributed by atoms with Gasteiger partial charge in [0.15, 0.2) is 0 Å². The molecule has 55 heavy (non-hydrogen) atoms. The number of nitrogens with zero attached hydrogens (tertiary/aromatic N) is 4. The van der Waals surface area contributed by atoms with Gasteiger partial charge in [-0.3, -0.25) is 0 Å². The van der Waals surface area contributed by atoms with E-state index in [9.17, 15) is 5.11 Å². The van der Waals surface area contributed by atoms with Crippen molar-refractivity contribution in [3.05, 3.63) is 161 Å². The second kappa shape index (κ2) is 13.3. The third-order valence-corrected chi connectivity index (χ3v) is 9.40. The third kappa shape index (κ3) is 6.93. The lowest BCUT2D eigenvalue weighted by Gasteiger charge is -2.01. The number of H-pyrrole nitrogens is 4. The lowest BCUT2D eigenvalue weighted by molar-refractivity contribution is 0.477. The first-order valence-electron chi connectivity index (χ1n) is 17.9. The maximum atomic E-state index is 10.4. The van der Waals surface area contributed by atoms with Crippen molar-refractivity contribution in [2.24, 2.45) is 0 Å². The third-order valence-electron chi connectivity index (χ3n) is 9.40. The predicted molar refractivity (Wildman–Crippen MR) is 225 cm³/mol. The van der Waals surface area contributed by atoms with Crippen LogP contribution in [0.1, 0.15) is 45.6 Å². The van der Waals surface area contributed by atoms with Gasteiger partial charge in [-0.15, -0.1) is 0 Å². The SMILES string of the molecule is C1=Cc2cc3ccc(cc4ccc(cc5nc(cc1n2)C=C5)[nH]4)[nH]3.Oc1ccccc1-c1cc2cc3ccc(cc4nc(cc5nc(cc1[nH]2)C=C5)C=C4)[nH]3. The molecule has 0 radical (unpaired) electrons. The van der Waals surface area contributed by atoms with E-state index in [1.54, 1.807) is 6.07 Å². The minimum Gasteiger partial charge on any atom is -0.507 e. The van der Waals surface area contributed by atoms with Crippen LogP contribution in [-0.2, 0) is 0 Å². The van der Waals surface area contributed by atoms with Gasteiger partial charge in [0, 0.05) is 55.3 Å². The second-order valence-electron chi connectivity index (χ2n) is 13.5. The molecule has 0 unspecified atom stereocenters. The lowest BCUT2D eigenvalue weighted by Crippen LogP contribution is -1.79. The smallest absolute Gasteiger partial charge is 0.123 e. The van der Waals surface area contributed by atoms with E-state index in [4.69, 9.17) is 4.98 Å². The molecule has 0 atom stereocenters. The average molecular weight is 713 g/mol. The Morgan fingerprint density at radius 1 is 0.309 bits per heavy atom. The number of phenolic OH excluding ortho intramolecular Hbond substituents is 1. The van der Waals surface area contributed by atoms with Crippen molar-refractivity contribution in [3.8, 4) is 16.9 Å². The quantitative estimate of drug-likeness (QED) is 0.115. The van der Waals surface area contributed by atoms with Crippen molar-refractivity contribution in [2.75, 3.05) is 0 Å². The molecular weight excluding hydrogens is 681 g/mol. The number of hydrogen-bond donors (Lipinski definition) is 5. The average Bonchev–Trinajstić information content (AvgIpc) is 4.01. The Hall–Kier alpha value is -7.78. The molecule has 0 fully saturated rings. The first kappa shape index (κ1) is 31.9. The van der Waals surface area contributed by atoms with Gasteiger partial charge < -0.3 is 25.0 Å². The summed E-state index contributed by atoms with van der Waals surface area (Å²) in [7, 11) is 0. The fourth-order valence-corrected chi connectivity index (χ4v) is 6.89. The summed E-state index contributed by atoms with van der Waals surface area (Å²) < 4.78 is 0. The second-order valence-corrected chi connectivity index (χ2v) is 13.5. The zero-order valence-corrected chi connectivity index (χ0v) is 29.3. The molecule has 0 saturated heterocycles. The highest BCUT2D eigenvalue weighted by Crippen LogP contribution is 2.33. The molecular formula is C46H32N8O. The molecule has 9 nitrogen and oxygen atoms in total. The maximum absolute atomic E-state index is 10.4. The number of hydrogen-bond acceptors (Lipinski definition) is 5. The number of aromatic amines is 4. The van der Waals surface area contributed by atoms with Gasteiger partial charge in [-0.25, -0.2) is 19.9 Å². The van der Waals surface area contributed by atoms with Crippen molar-refractivity contribution in [3.63, 3.8) is 0 Å². The summed E-state index contributed by atoms with van der Waals surface area (Å²) in [5, 5.41) is 10.4. The van der Waals surface area contributed by atoms with Gasteiger partial charge in [0.2, 0.25) is 0 Å². The van der Waals surface area contributed by atoms with Crippen molar-refractivity contribution >= 4 is 92.7 Å². The highest BCUT2D eigenvalue weighted by molar-refractivity contribution is 5.90. The minimum atomic E-state index is 0.243. The van der Waals surface area contributed by atoms with Gasteiger partial charge in [0.1, 0.15) is 5.75 Å². The van der Waals surface area contributed by atoms with Gasteiger partial charge in [0.05, 0.1) is 45.6 Å². The zero-order valence-electron chi connectivity index (χ0n) is 29.3. The van der Waals surface area contributed by atoms with Crippen LogP contribution in [0.15, 0.2) is 115 Å². The molecule has 4 aliphatic heterocycles. The maximum Gasteiger partial charge on any atom is 0.123 e. The summed E-state index contributed by atoms with van der Waals surface area (Å²) in [6.07, 6.45) is 16.0. The van der Waals surface area contributed by atoms with E-state index in [-0.39, 0.29) is 5.75 Å². The van der Waals surface area contributed by atoms with Crippen LogP contribution >= 0.6 is 0 Å². The Balaban J connectivity index is 0.000000140. The van der Waals surface area contributed by atoms with Crippen LogP contribution in [-0.4, -0.2) is 45.0 Å². The first-order valence-corrected chi connectivity index (χ1v) is 17.9. The molecule has 0 spiro atoms. The van der Waals surface area contributed by atoms with Crippen LogP contribution in [0, 0.1) is 0 Å². The van der Waals surface area contributed by atoms with E-state index in [0.29, 0.717) is 0 Å². The van der Waals surface area contributed by atoms with E-state index in [1.165, 1.54) is 0 Å². The van der Waals surface area contributed by atoms with Crippen LogP contribution in [0.5, 0.6) is 5.75 Å². The number of rotatable bonds is 1. The molecule has 0 saturated carbocycles. The number of aromatic nitrogens is 8. The van der Waals surface area contributed by atoms with Crippen molar-refractivity contribution in [2.45, 2.75) is 0 Å². The number of benzene rings is 1. The fraction of sp³-hybridized carbons (Fsp3) is 0. The number of nitrogens with one attached hydrogen (secondary N) is 4. The van der Waals surface area contributed by atoms with Gasteiger partial charge in [-0.2, -0.15) is 0 Å². The fourth-order valence-electron chi connectivity index (χ4n) is 6.89. The van der Waals surface area contributed by atoms with E-state index in [2.05, 4.69) is 65.2 Å². The molecule has 1 aromatic carbocycles. The Bertz CT molecular complexity index is 3040. The zero-order chi connectivity index (χ0) is 36.7. The largest absolute Gasteiger partial charge is 0.507 e. The highest BCUT2D eigenvalue weighted by Gasteiger charge is 2.10. The van der Waals surface area contributed by atoms with Crippen molar-refractivity contribution < 1.29 is 5.11 Å². The van der Waals surface area contributed by atoms with E-state index >= 15 is 0 Å². The summed E-state index contributed by atoms with van der Waals surface area (Å²) in [5.41, 5.74) is 16.8. The van der Waals surface area contributed by atoms with Crippen LogP contribution in [0.4, 0.5) is 0 Å². The predicted octanol–water partition coefficient (Wildman–Crippen LogP) is 10.7. The van der Waals surface area contributed by atoms with Crippen molar-refractivity contribution in [1.29, 1.82) is 0 Å². The summed E-state index contributed by atoms with van der Waals surface area (Å²) in [5.74, 6) is 0.243. The van der Waals surface area contributed by atoms with Crippen LogP contribution in [0.25, 0.3) is 104 Å². The number of fused-ring (bicyclic) bond motifs is 16. The van der Waals surface area contributed by atoms with E-state index in [0.717, 1.165) is 101 Å². The Morgan fingerprint density at radius 2 is 0.673 bits per heavy atom. The summed E-state index contributed by atoms with van der Waals surface area (Å²) in [6, 6.07) is 37.9. The number of aromatic hydroxyl groups is 1. The van der Waals surface area contributed by atoms with Crippen LogP contribution in [0.3, 0.4) is 0 Å². The summed E-state index contributed by atoms with van der Waals surface area (Å²) in [6.45, 7) is 0. The highest BCUT2D eigenvalue weighted by atomic mass is 16.3. The number of phenols is 1. The van der Waals surface area contributed by atoms with Gasteiger partial charge in [0.25, 0.3) is 0 Å². The molecule has 6 aromatic heterocycles. The molecule has 4 aliphatic rings. The van der Waals surface area contributed by atoms with Gasteiger partial charge in [-0.05, 0) is 146 Å². The Morgan fingerprint density at radius 3 is 1.11 bits per heavy atom. The Labute approximate surface area is 314 Å². The number of para-hydroxylation sites is 1. The summed E-state index contributed by atoms with van der Waals surface area (Å²) >= 11 is 0. The molecule has 5 N–H and O–H groups in total. The van der Waals surface area contributed by atoms with Crippen molar-refractivity contribution in [1.82, 2.24) is 39.9 Å². The van der Waals surface area contributed by atoms with Gasteiger partial charge >= 0.3 is 0 Å². The van der Waals surface area contributed by atoms with E-state index in [1.807, 2.05) is 127 Å². The molecule has 10 heterocycles. The monoisotopic (exact) mass is 712 g/mol. The first-order chi connectivity index (χ1) is 27.0.